The summed E-state index contributed by atoms with van der Waals surface area (Å²) < 4.78 is 38.1. The first-order chi connectivity index (χ1) is 13.2. The number of nitrogens with one attached hydrogen (secondary N) is 3. The van der Waals surface area contributed by atoms with Crippen molar-refractivity contribution in [3.05, 3.63) is 73.3 Å². The molecule has 1 aliphatic rings. The van der Waals surface area contributed by atoms with Crippen LogP contribution in [0.5, 0.6) is 0 Å². The number of fused-ring (bicyclic) bond motifs is 1. The second kappa shape index (κ2) is 6.56. The highest BCUT2D eigenvalue weighted by Crippen LogP contribution is 2.34. The Morgan fingerprint density at radius 1 is 1.00 bits per heavy atom. The molecule has 1 aromatic heterocycles. The van der Waals surface area contributed by atoms with Gasteiger partial charge in [0.15, 0.2) is 0 Å². The molecule has 0 saturated carbocycles. The van der Waals surface area contributed by atoms with E-state index < -0.39 is 22.6 Å². The van der Waals surface area contributed by atoms with E-state index in [9.17, 15) is 22.8 Å². The number of allylic oxidation sites excluding steroid dienone is 4. The maximum Gasteiger partial charge on any atom is 0.412 e. The second-order valence-corrected chi connectivity index (χ2v) is 6.87. The molecule has 0 spiro atoms. The number of aromatic amines is 1. The summed E-state index contributed by atoms with van der Waals surface area (Å²) in [5.74, 6) is 0. The lowest BCUT2D eigenvalue weighted by Gasteiger charge is -2.20. The molecule has 0 aliphatic heterocycles. The van der Waals surface area contributed by atoms with Gasteiger partial charge in [0.05, 0.1) is 5.69 Å². The number of rotatable bonds is 4. The van der Waals surface area contributed by atoms with Gasteiger partial charge in [-0.2, -0.15) is 13.2 Å². The highest BCUT2D eigenvalue weighted by Gasteiger charge is 2.34. The molecule has 5 nitrogen and oxygen atoms in total. The quantitative estimate of drug-likeness (QED) is 0.546. The maximum absolute atomic E-state index is 12.7. The highest BCUT2D eigenvalue weighted by atomic mass is 35.5. The van der Waals surface area contributed by atoms with Gasteiger partial charge in [0.2, 0.25) is 0 Å². The summed E-state index contributed by atoms with van der Waals surface area (Å²) in [5.41, 5.74) is -0.144. The van der Waals surface area contributed by atoms with Crippen LogP contribution in [0.4, 0.5) is 30.2 Å². The van der Waals surface area contributed by atoms with Gasteiger partial charge in [-0.1, -0.05) is 17.7 Å². The molecular formula is C19H13ClF3N3O2. The SMILES string of the molecule is O=c1c(NC2=CC=C(C(F)(F)F)CC2)c(Nc2c[nH]c3ccc(Cl)cc23)c1=O. The zero-order valence-corrected chi connectivity index (χ0v) is 15.0. The van der Waals surface area contributed by atoms with Gasteiger partial charge in [0.1, 0.15) is 11.4 Å². The first kappa shape index (κ1) is 18.4. The first-order valence-corrected chi connectivity index (χ1v) is 8.73. The lowest BCUT2D eigenvalue weighted by atomic mass is 10.0. The van der Waals surface area contributed by atoms with E-state index in [2.05, 4.69) is 15.6 Å². The van der Waals surface area contributed by atoms with Crippen molar-refractivity contribution in [1.29, 1.82) is 0 Å². The van der Waals surface area contributed by atoms with E-state index in [-0.39, 0.29) is 24.2 Å². The van der Waals surface area contributed by atoms with E-state index in [1.807, 2.05) is 0 Å². The van der Waals surface area contributed by atoms with Crippen molar-refractivity contribution >= 4 is 39.6 Å². The lowest BCUT2D eigenvalue weighted by Crippen LogP contribution is -2.36. The van der Waals surface area contributed by atoms with Crippen molar-refractivity contribution in [2.75, 3.05) is 10.6 Å². The maximum atomic E-state index is 12.7. The molecule has 144 valence electrons. The number of aromatic nitrogens is 1. The largest absolute Gasteiger partial charge is 0.412 e. The lowest BCUT2D eigenvalue weighted by molar-refractivity contribution is -0.0941. The van der Waals surface area contributed by atoms with Gasteiger partial charge in [-0.05, 0) is 37.1 Å². The minimum atomic E-state index is -4.37. The summed E-state index contributed by atoms with van der Waals surface area (Å²) >= 11 is 6.01. The monoisotopic (exact) mass is 407 g/mol. The number of H-pyrrole nitrogens is 1. The van der Waals surface area contributed by atoms with Crippen LogP contribution >= 0.6 is 11.6 Å². The van der Waals surface area contributed by atoms with E-state index in [1.165, 1.54) is 6.08 Å². The summed E-state index contributed by atoms with van der Waals surface area (Å²) in [6.45, 7) is 0. The number of hydrogen-bond acceptors (Lipinski definition) is 4. The van der Waals surface area contributed by atoms with Crippen LogP contribution in [0.2, 0.25) is 5.02 Å². The molecule has 0 unspecified atom stereocenters. The van der Waals surface area contributed by atoms with Gasteiger partial charge >= 0.3 is 6.18 Å². The van der Waals surface area contributed by atoms with Crippen molar-refractivity contribution in [1.82, 2.24) is 4.98 Å². The third-order valence-electron chi connectivity index (χ3n) is 4.61. The molecule has 0 bridgehead atoms. The molecule has 0 fully saturated rings. The number of alkyl halides is 3. The Kier molecular flexibility index (Phi) is 4.30. The van der Waals surface area contributed by atoms with Crippen LogP contribution in [0.3, 0.4) is 0 Å². The van der Waals surface area contributed by atoms with E-state index in [0.717, 1.165) is 17.0 Å². The van der Waals surface area contributed by atoms with Gasteiger partial charge in [0, 0.05) is 33.4 Å². The average molecular weight is 408 g/mol. The predicted molar refractivity (Wildman–Crippen MR) is 103 cm³/mol. The van der Waals surface area contributed by atoms with Crippen LogP contribution in [0.1, 0.15) is 12.8 Å². The summed E-state index contributed by atoms with van der Waals surface area (Å²) in [7, 11) is 0. The van der Waals surface area contributed by atoms with Crippen LogP contribution in [0.25, 0.3) is 10.9 Å². The molecule has 28 heavy (non-hydrogen) atoms. The van der Waals surface area contributed by atoms with Crippen LogP contribution in [-0.2, 0) is 0 Å². The van der Waals surface area contributed by atoms with Crippen molar-refractivity contribution < 1.29 is 13.2 Å². The van der Waals surface area contributed by atoms with Gasteiger partial charge in [-0.3, -0.25) is 9.59 Å². The molecule has 2 aromatic carbocycles. The topological polar surface area (TPSA) is 74.0 Å². The van der Waals surface area contributed by atoms with Crippen molar-refractivity contribution in [3.8, 4) is 0 Å². The fourth-order valence-electron chi connectivity index (χ4n) is 3.10. The number of anilines is 3. The fourth-order valence-corrected chi connectivity index (χ4v) is 3.27. The van der Waals surface area contributed by atoms with E-state index >= 15 is 0 Å². The molecule has 9 heteroatoms. The summed E-state index contributed by atoms with van der Waals surface area (Å²) in [6.07, 6.45) is -0.578. The zero-order chi connectivity index (χ0) is 20.1. The first-order valence-electron chi connectivity index (χ1n) is 8.35. The summed E-state index contributed by atoms with van der Waals surface area (Å²) in [5, 5.41) is 6.95. The molecule has 1 heterocycles. The number of benzene rings is 1. The Bertz CT molecular complexity index is 1210. The van der Waals surface area contributed by atoms with Crippen LogP contribution in [-0.4, -0.2) is 11.2 Å². The summed E-state index contributed by atoms with van der Waals surface area (Å²) in [4.78, 5) is 27.0. The average Bonchev–Trinajstić information content (AvgIpc) is 3.06. The van der Waals surface area contributed by atoms with Gasteiger partial charge in [-0.15, -0.1) is 0 Å². The molecular weight excluding hydrogens is 395 g/mol. The smallest absolute Gasteiger partial charge is 0.359 e. The minimum Gasteiger partial charge on any atom is -0.359 e. The third-order valence-corrected chi connectivity index (χ3v) is 4.85. The van der Waals surface area contributed by atoms with E-state index in [0.29, 0.717) is 16.4 Å². The molecule has 0 radical (unpaired) electrons. The zero-order valence-electron chi connectivity index (χ0n) is 14.2. The third kappa shape index (κ3) is 3.20. The number of halogens is 4. The van der Waals surface area contributed by atoms with Crippen LogP contribution in [0, 0.1) is 0 Å². The van der Waals surface area contributed by atoms with Gasteiger partial charge < -0.3 is 15.6 Å². The van der Waals surface area contributed by atoms with Crippen molar-refractivity contribution in [3.63, 3.8) is 0 Å². The predicted octanol–water partition coefficient (Wildman–Crippen LogP) is 4.74. The van der Waals surface area contributed by atoms with Crippen molar-refractivity contribution in [2.45, 2.75) is 19.0 Å². The van der Waals surface area contributed by atoms with E-state index in [4.69, 9.17) is 11.6 Å². The summed E-state index contributed by atoms with van der Waals surface area (Å²) in [6, 6.07) is 5.20. The Morgan fingerprint density at radius 2 is 1.71 bits per heavy atom. The fraction of sp³-hybridized carbons (Fsp3) is 0.158. The Hall–Kier alpha value is -3.00. The Morgan fingerprint density at radius 3 is 2.36 bits per heavy atom. The molecule has 0 saturated heterocycles. The molecule has 0 atom stereocenters. The molecule has 1 aliphatic carbocycles. The highest BCUT2D eigenvalue weighted by molar-refractivity contribution is 6.31. The molecule has 4 rings (SSSR count). The van der Waals surface area contributed by atoms with Gasteiger partial charge in [-0.25, -0.2) is 0 Å². The molecule has 0 amide bonds. The van der Waals surface area contributed by atoms with Crippen LogP contribution < -0.4 is 21.5 Å². The van der Waals surface area contributed by atoms with Crippen molar-refractivity contribution in [2.24, 2.45) is 0 Å². The number of hydrogen-bond donors (Lipinski definition) is 3. The van der Waals surface area contributed by atoms with Gasteiger partial charge in [0.25, 0.3) is 10.9 Å². The molecule has 3 aromatic rings. The standard InChI is InChI=1S/C19H13ClF3N3O2/c20-10-3-6-13-12(7-10)14(8-24-13)26-16-15(17(27)18(16)28)25-11-4-1-9(2-5-11)19(21,22)23/h1,3-4,6-8,24-26H,2,5H2. The van der Waals surface area contributed by atoms with Crippen LogP contribution in [0.15, 0.2) is 57.4 Å². The minimum absolute atomic E-state index is 0.0384. The second-order valence-electron chi connectivity index (χ2n) is 6.43. The Balaban J connectivity index is 1.60. The normalized spacial score (nSPS) is 14.9. The molecule has 3 N–H and O–H groups in total. The van der Waals surface area contributed by atoms with E-state index in [1.54, 1.807) is 24.4 Å². The Labute approximate surface area is 161 Å².